The highest BCUT2D eigenvalue weighted by atomic mass is 16.5. The quantitative estimate of drug-likeness (QED) is 0.408. The van der Waals surface area contributed by atoms with E-state index >= 15 is 0 Å². The fourth-order valence-electron chi connectivity index (χ4n) is 5.42. The maximum atomic E-state index is 13.6. The van der Waals surface area contributed by atoms with Crippen LogP contribution < -0.4 is 4.74 Å². The van der Waals surface area contributed by atoms with Gasteiger partial charge >= 0.3 is 6.03 Å². The van der Waals surface area contributed by atoms with Gasteiger partial charge in [-0.2, -0.15) is 5.26 Å². The number of carbonyl (C=O) groups excluding carboxylic acids is 1. The van der Waals surface area contributed by atoms with Crippen LogP contribution in [0.2, 0.25) is 0 Å². The molecule has 0 aliphatic carbocycles. The minimum absolute atomic E-state index is 0.0901. The van der Waals surface area contributed by atoms with Gasteiger partial charge in [-0.15, -0.1) is 0 Å². The lowest BCUT2D eigenvalue weighted by atomic mass is 9.98. The van der Waals surface area contributed by atoms with Crippen molar-refractivity contribution in [2.75, 3.05) is 19.6 Å². The van der Waals surface area contributed by atoms with E-state index in [1.807, 2.05) is 23.2 Å². The Hall–Kier alpha value is -3.89. The Balaban J connectivity index is 1.19. The molecule has 0 spiro atoms. The highest BCUT2D eigenvalue weighted by Gasteiger charge is 2.46. The molecule has 2 aliphatic rings. The number of likely N-dealkylation sites (tertiary alicyclic amines) is 1. The van der Waals surface area contributed by atoms with E-state index in [1.165, 1.54) is 5.56 Å². The van der Waals surface area contributed by atoms with Gasteiger partial charge in [-0.05, 0) is 69.0 Å². The van der Waals surface area contributed by atoms with Gasteiger partial charge < -0.3 is 14.5 Å². The van der Waals surface area contributed by atoms with Gasteiger partial charge in [0.2, 0.25) is 5.88 Å². The number of rotatable bonds is 6. The molecule has 0 bridgehead atoms. The Morgan fingerprint density at radius 3 is 2.32 bits per heavy atom. The number of aromatic nitrogens is 1. The fourth-order valence-corrected chi connectivity index (χ4v) is 5.42. The summed E-state index contributed by atoms with van der Waals surface area (Å²) >= 11 is 0. The first-order chi connectivity index (χ1) is 18.3. The van der Waals surface area contributed by atoms with Gasteiger partial charge in [0.15, 0.2) is 0 Å². The maximum absolute atomic E-state index is 13.6. The normalized spacial score (nSPS) is 19.0. The summed E-state index contributed by atoms with van der Waals surface area (Å²) in [6.07, 6.45) is 3.78. The molecule has 0 radical (unpaired) electrons. The van der Waals surface area contributed by atoms with Crippen LogP contribution in [-0.4, -0.2) is 56.9 Å². The summed E-state index contributed by atoms with van der Waals surface area (Å²) in [6.45, 7) is 9.79. The number of amides is 2. The number of piperidine rings is 1. The lowest BCUT2D eigenvalue weighted by molar-refractivity contribution is 0.105. The van der Waals surface area contributed by atoms with E-state index in [-0.39, 0.29) is 23.7 Å². The topological polar surface area (TPSA) is 72.7 Å². The van der Waals surface area contributed by atoms with Crippen LogP contribution in [0, 0.1) is 11.3 Å². The van der Waals surface area contributed by atoms with E-state index < -0.39 is 0 Å². The smallest absolute Gasteiger partial charge is 0.321 e. The number of benzene rings is 2. The predicted molar refractivity (Wildman–Crippen MR) is 147 cm³/mol. The zero-order valence-electron chi connectivity index (χ0n) is 22.4. The van der Waals surface area contributed by atoms with Crippen LogP contribution in [-0.2, 0) is 6.54 Å². The average molecular weight is 510 g/mol. The second kappa shape index (κ2) is 10.8. The third kappa shape index (κ3) is 5.66. The lowest BCUT2D eigenvalue weighted by Crippen LogP contribution is -2.49. The van der Waals surface area contributed by atoms with Crippen LogP contribution in [0.25, 0.3) is 0 Å². The van der Waals surface area contributed by atoms with Gasteiger partial charge in [-0.25, -0.2) is 9.78 Å². The van der Waals surface area contributed by atoms with Crippen molar-refractivity contribution < 1.29 is 9.53 Å². The number of hydrogen-bond acceptors (Lipinski definition) is 5. The monoisotopic (exact) mass is 509 g/mol. The van der Waals surface area contributed by atoms with Gasteiger partial charge in [0.25, 0.3) is 0 Å². The van der Waals surface area contributed by atoms with Gasteiger partial charge in [-0.3, -0.25) is 4.90 Å². The number of nitrogens with zero attached hydrogens (tertiary/aromatic N) is 5. The van der Waals surface area contributed by atoms with Crippen LogP contribution in [0.3, 0.4) is 0 Å². The zero-order valence-corrected chi connectivity index (χ0v) is 22.4. The van der Waals surface area contributed by atoms with E-state index in [0.717, 1.165) is 44.6 Å². The Morgan fingerprint density at radius 2 is 1.71 bits per heavy atom. The average Bonchev–Trinajstić information content (AvgIpc) is 3.29. The summed E-state index contributed by atoms with van der Waals surface area (Å²) in [5, 5.41) is 8.94. The van der Waals surface area contributed by atoms with Crippen molar-refractivity contribution >= 4 is 6.03 Å². The molecule has 2 amide bonds. The minimum Gasteiger partial charge on any atom is -0.439 e. The summed E-state index contributed by atoms with van der Waals surface area (Å²) < 4.78 is 5.81. The molecule has 38 heavy (non-hydrogen) atoms. The minimum atomic E-state index is -0.206. The standard InChI is InChI=1S/C31H35N5O2/c1-31(2,3)35-22-28(25-7-5-4-6-8-25)36(30(35)37)26-15-17-34(18-16-26)21-24-11-14-29(33-20-24)38-27-12-9-23(19-32)10-13-27/h4-14,20,26,28H,15-18,21-22H2,1-3H3/t28-/m0/s1. The van der Waals surface area contributed by atoms with Gasteiger partial charge in [0, 0.05) is 50.0 Å². The first-order valence-electron chi connectivity index (χ1n) is 13.3. The summed E-state index contributed by atoms with van der Waals surface area (Å²) in [5.41, 5.74) is 2.74. The van der Waals surface area contributed by atoms with Gasteiger partial charge in [0.1, 0.15) is 5.75 Å². The molecular formula is C31H35N5O2. The van der Waals surface area contributed by atoms with Crippen molar-refractivity contribution in [1.82, 2.24) is 19.7 Å². The fraction of sp³-hybridized carbons (Fsp3) is 0.387. The molecule has 7 nitrogen and oxygen atoms in total. The van der Waals surface area contributed by atoms with Crippen molar-refractivity contribution in [3.63, 3.8) is 0 Å². The molecule has 7 heteroatoms. The predicted octanol–water partition coefficient (Wildman–Crippen LogP) is 5.99. The summed E-state index contributed by atoms with van der Waals surface area (Å²) in [5.74, 6) is 1.18. The SMILES string of the molecule is CC(C)(C)N1C[C@@H](c2ccccc2)N(C2CCN(Cc3ccc(Oc4ccc(C#N)cc4)nc3)CC2)C1=O. The first-order valence-corrected chi connectivity index (χ1v) is 13.3. The molecule has 2 saturated heterocycles. The number of hydrogen-bond donors (Lipinski definition) is 0. The van der Waals surface area contributed by atoms with Crippen LogP contribution >= 0.6 is 0 Å². The Morgan fingerprint density at radius 1 is 1.00 bits per heavy atom. The second-order valence-electron chi connectivity index (χ2n) is 11.1. The van der Waals surface area contributed by atoms with E-state index in [0.29, 0.717) is 17.2 Å². The summed E-state index contributed by atoms with van der Waals surface area (Å²) in [7, 11) is 0. The summed E-state index contributed by atoms with van der Waals surface area (Å²) in [6, 6.07) is 24.0. The molecule has 2 fully saturated rings. The van der Waals surface area contributed by atoms with Crippen molar-refractivity contribution in [2.24, 2.45) is 0 Å². The number of urea groups is 1. The maximum Gasteiger partial charge on any atom is 0.321 e. The molecular weight excluding hydrogens is 474 g/mol. The zero-order chi connectivity index (χ0) is 26.7. The van der Waals surface area contributed by atoms with E-state index in [4.69, 9.17) is 10.00 Å². The summed E-state index contributed by atoms with van der Waals surface area (Å²) in [4.78, 5) is 24.7. The first kappa shape index (κ1) is 25.7. The van der Waals surface area contributed by atoms with Crippen LogP contribution in [0.15, 0.2) is 72.9 Å². The van der Waals surface area contributed by atoms with Crippen LogP contribution in [0.5, 0.6) is 11.6 Å². The Kier molecular flexibility index (Phi) is 7.35. The number of ether oxygens (including phenoxy) is 1. The molecule has 0 saturated carbocycles. The van der Waals surface area contributed by atoms with Crippen molar-refractivity contribution in [3.8, 4) is 17.7 Å². The molecule has 0 unspecified atom stereocenters. The third-order valence-electron chi connectivity index (χ3n) is 7.50. The largest absolute Gasteiger partial charge is 0.439 e. The Bertz CT molecular complexity index is 1270. The van der Waals surface area contributed by atoms with E-state index in [9.17, 15) is 4.79 Å². The highest BCUT2D eigenvalue weighted by Crippen LogP contribution is 2.37. The molecule has 196 valence electrons. The van der Waals surface area contributed by atoms with Crippen molar-refractivity contribution in [1.29, 1.82) is 5.26 Å². The van der Waals surface area contributed by atoms with E-state index in [1.54, 1.807) is 24.3 Å². The van der Waals surface area contributed by atoms with Crippen molar-refractivity contribution in [3.05, 3.63) is 89.6 Å². The van der Waals surface area contributed by atoms with Crippen LogP contribution in [0.1, 0.15) is 56.3 Å². The molecule has 2 aliphatic heterocycles. The second-order valence-corrected chi connectivity index (χ2v) is 11.1. The van der Waals surface area contributed by atoms with Crippen molar-refractivity contribution in [2.45, 2.75) is 57.8 Å². The molecule has 3 heterocycles. The Labute approximate surface area is 225 Å². The lowest BCUT2D eigenvalue weighted by Gasteiger charge is -2.39. The van der Waals surface area contributed by atoms with E-state index in [2.05, 4.69) is 72.0 Å². The molecule has 5 rings (SSSR count). The van der Waals surface area contributed by atoms with Gasteiger partial charge in [0.05, 0.1) is 17.7 Å². The third-order valence-corrected chi connectivity index (χ3v) is 7.50. The number of nitriles is 1. The molecule has 1 atom stereocenters. The molecule has 0 N–H and O–H groups in total. The molecule has 3 aromatic rings. The number of pyridine rings is 1. The van der Waals surface area contributed by atoms with Crippen LogP contribution in [0.4, 0.5) is 4.79 Å². The molecule has 1 aromatic heterocycles. The number of carbonyl (C=O) groups is 1. The molecule has 2 aromatic carbocycles. The highest BCUT2D eigenvalue weighted by molar-refractivity contribution is 5.79. The van der Waals surface area contributed by atoms with Gasteiger partial charge in [-0.1, -0.05) is 36.4 Å².